The molecule has 0 unspecified atom stereocenters. The Morgan fingerprint density at radius 2 is 2.14 bits per heavy atom. The van der Waals surface area contributed by atoms with Gasteiger partial charge in [0.05, 0.1) is 31.9 Å². The van der Waals surface area contributed by atoms with E-state index in [4.69, 9.17) is 19.7 Å². The molecule has 3 rings (SSSR count). The van der Waals surface area contributed by atoms with Gasteiger partial charge >= 0.3 is 0 Å². The Hall–Kier alpha value is -2.32. The van der Waals surface area contributed by atoms with E-state index in [-0.39, 0.29) is 0 Å². The van der Waals surface area contributed by atoms with Gasteiger partial charge in [-0.25, -0.2) is 4.98 Å². The summed E-state index contributed by atoms with van der Waals surface area (Å²) < 4.78 is 10.7. The smallest absolute Gasteiger partial charge is 0.132 e. The molecular weight excluding hydrogens is 278 g/mol. The molecule has 0 bridgehead atoms. The van der Waals surface area contributed by atoms with Crippen molar-refractivity contribution in [2.24, 2.45) is 0 Å². The second-order valence-electron chi connectivity index (χ2n) is 5.29. The van der Waals surface area contributed by atoms with Crippen molar-refractivity contribution < 1.29 is 9.47 Å². The standard InChI is InChI=1S/C17H19N3O2/c1-21-15-4-5-16-14(12-15)11-13(3-2-6-18)17(19-16)20-7-9-22-10-8-20/h4-5,11-12H,2-3,7-10H2,1H3. The van der Waals surface area contributed by atoms with E-state index >= 15 is 0 Å². The normalized spacial score (nSPS) is 14.8. The van der Waals surface area contributed by atoms with Crippen LogP contribution in [0.5, 0.6) is 5.75 Å². The number of benzene rings is 1. The molecular formula is C17H19N3O2. The van der Waals surface area contributed by atoms with Crippen molar-refractivity contribution in [3.8, 4) is 11.8 Å². The van der Waals surface area contributed by atoms with Crippen LogP contribution in [-0.2, 0) is 11.2 Å². The highest BCUT2D eigenvalue weighted by atomic mass is 16.5. The Balaban J connectivity index is 2.05. The number of fused-ring (bicyclic) bond motifs is 1. The van der Waals surface area contributed by atoms with Gasteiger partial charge < -0.3 is 14.4 Å². The maximum Gasteiger partial charge on any atom is 0.132 e. The van der Waals surface area contributed by atoms with Gasteiger partial charge in [0.2, 0.25) is 0 Å². The Morgan fingerprint density at radius 3 is 2.86 bits per heavy atom. The van der Waals surface area contributed by atoms with E-state index in [9.17, 15) is 0 Å². The molecule has 0 saturated carbocycles. The van der Waals surface area contributed by atoms with Crippen molar-refractivity contribution in [1.82, 2.24) is 4.98 Å². The molecule has 114 valence electrons. The topological polar surface area (TPSA) is 58.4 Å². The molecule has 1 fully saturated rings. The number of methoxy groups -OCH3 is 1. The van der Waals surface area contributed by atoms with Gasteiger partial charge in [-0.15, -0.1) is 0 Å². The Morgan fingerprint density at radius 1 is 1.32 bits per heavy atom. The second kappa shape index (κ2) is 6.63. The maximum atomic E-state index is 8.90. The SMILES string of the molecule is COc1ccc2nc(N3CCOCC3)c(CCC#N)cc2c1. The lowest BCUT2D eigenvalue weighted by Crippen LogP contribution is -2.37. The predicted molar refractivity (Wildman–Crippen MR) is 85.3 cm³/mol. The lowest BCUT2D eigenvalue weighted by atomic mass is 10.1. The highest BCUT2D eigenvalue weighted by molar-refractivity contribution is 5.83. The van der Waals surface area contributed by atoms with Gasteiger partial charge in [0.1, 0.15) is 11.6 Å². The molecule has 1 saturated heterocycles. The molecule has 0 radical (unpaired) electrons. The van der Waals surface area contributed by atoms with Gasteiger partial charge in [-0.1, -0.05) is 0 Å². The highest BCUT2D eigenvalue weighted by Crippen LogP contribution is 2.27. The summed E-state index contributed by atoms with van der Waals surface area (Å²) in [6, 6.07) is 10.2. The van der Waals surface area contributed by atoms with Crippen LogP contribution in [0.4, 0.5) is 5.82 Å². The third kappa shape index (κ3) is 2.97. The lowest BCUT2D eigenvalue weighted by Gasteiger charge is -2.29. The van der Waals surface area contributed by atoms with E-state index in [1.165, 1.54) is 0 Å². The number of nitrogens with zero attached hydrogens (tertiary/aromatic N) is 3. The number of nitriles is 1. The van der Waals surface area contributed by atoms with E-state index in [0.29, 0.717) is 12.8 Å². The third-order valence-corrected chi connectivity index (χ3v) is 3.89. The molecule has 0 aliphatic carbocycles. The number of ether oxygens (including phenoxy) is 2. The predicted octanol–water partition coefficient (Wildman–Crippen LogP) is 2.54. The van der Waals surface area contributed by atoms with Crippen molar-refractivity contribution in [3.63, 3.8) is 0 Å². The Bertz CT molecular complexity index is 703. The fraction of sp³-hybridized carbons (Fsp3) is 0.412. The highest BCUT2D eigenvalue weighted by Gasteiger charge is 2.17. The third-order valence-electron chi connectivity index (χ3n) is 3.89. The summed E-state index contributed by atoms with van der Waals surface area (Å²) in [5.41, 5.74) is 2.06. The molecule has 2 aromatic rings. The van der Waals surface area contributed by atoms with Gasteiger partial charge in [0, 0.05) is 24.9 Å². The number of anilines is 1. The first-order valence-corrected chi connectivity index (χ1v) is 7.49. The van der Waals surface area contributed by atoms with Crippen LogP contribution in [0.1, 0.15) is 12.0 Å². The molecule has 0 N–H and O–H groups in total. The average Bonchev–Trinajstić information content (AvgIpc) is 2.59. The molecule has 0 amide bonds. The van der Waals surface area contributed by atoms with Gasteiger partial charge in [-0.3, -0.25) is 0 Å². The van der Waals surface area contributed by atoms with Crippen LogP contribution in [0.3, 0.4) is 0 Å². The second-order valence-corrected chi connectivity index (χ2v) is 5.29. The summed E-state index contributed by atoms with van der Waals surface area (Å²) in [5.74, 6) is 1.80. The molecule has 1 aromatic heterocycles. The van der Waals surface area contributed by atoms with Crippen LogP contribution in [0.15, 0.2) is 24.3 Å². The quantitative estimate of drug-likeness (QED) is 0.868. The first-order valence-electron chi connectivity index (χ1n) is 7.49. The van der Waals surface area contributed by atoms with E-state index in [2.05, 4.69) is 17.0 Å². The number of hydrogen-bond acceptors (Lipinski definition) is 5. The molecule has 0 atom stereocenters. The number of aromatic nitrogens is 1. The maximum absolute atomic E-state index is 8.90. The van der Waals surface area contributed by atoms with Gasteiger partial charge in [0.15, 0.2) is 0 Å². The summed E-state index contributed by atoms with van der Waals surface area (Å²) in [6.45, 7) is 3.13. The zero-order valence-corrected chi connectivity index (χ0v) is 12.7. The molecule has 22 heavy (non-hydrogen) atoms. The summed E-state index contributed by atoms with van der Waals surface area (Å²) in [5, 5.41) is 9.95. The van der Waals surface area contributed by atoms with Crippen LogP contribution in [0.2, 0.25) is 0 Å². The number of pyridine rings is 1. The fourth-order valence-electron chi connectivity index (χ4n) is 2.74. The minimum absolute atomic E-state index is 0.495. The summed E-state index contributed by atoms with van der Waals surface area (Å²) in [6.07, 6.45) is 1.21. The van der Waals surface area contributed by atoms with Gasteiger partial charge in [-0.05, 0) is 36.2 Å². The Kier molecular flexibility index (Phi) is 4.40. The van der Waals surface area contributed by atoms with Gasteiger partial charge in [-0.2, -0.15) is 5.26 Å². The van der Waals surface area contributed by atoms with Crippen LogP contribution in [0, 0.1) is 11.3 Å². The van der Waals surface area contributed by atoms with E-state index in [1.54, 1.807) is 7.11 Å². The first-order chi connectivity index (χ1) is 10.8. The van der Waals surface area contributed by atoms with E-state index in [0.717, 1.165) is 54.3 Å². The van der Waals surface area contributed by atoms with Crippen molar-refractivity contribution >= 4 is 16.7 Å². The minimum atomic E-state index is 0.495. The van der Waals surface area contributed by atoms with Crippen LogP contribution in [-0.4, -0.2) is 38.4 Å². The lowest BCUT2D eigenvalue weighted by molar-refractivity contribution is 0.122. The average molecular weight is 297 g/mol. The molecule has 1 aliphatic rings. The zero-order chi connectivity index (χ0) is 15.4. The summed E-state index contributed by atoms with van der Waals surface area (Å²) in [7, 11) is 1.66. The van der Waals surface area contributed by atoms with Crippen molar-refractivity contribution in [3.05, 3.63) is 29.8 Å². The largest absolute Gasteiger partial charge is 0.497 e. The molecule has 1 aliphatic heterocycles. The first kappa shape index (κ1) is 14.6. The van der Waals surface area contributed by atoms with Crippen molar-refractivity contribution in [1.29, 1.82) is 5.26 Å². The molecule has 5 heteroatoms. The fourth-order valence-corrected chi connectivity index (χ4v) is 2.74. The summed E-state index contributed by atoms with van der Waals surface area (Å²) >= 11 is 0. The van der Waals surface area contributed by atoms with E-state index in [1.807, 2.05) is 18.2 Å². The zero-order valence-electron chi connectivity index (χ0n) is 12.7. The van der Waals surface area contributed by atoms with Crippen LogP contribution < -0.4 is 9.64 Å². The molecule has 1 aromatic carbocycles. The van der Waals surface area contributed by atoms with Crippen molar-refractivity contribution in [2.45, 2.75) is 12.8 Å². The number of morpholine rings is 1. The molecule has 2 heterocycles. The molecule has 5 nitrogen and oxygen atoms in total. The summed E-state index contributed by atoms with van der Waals surface area (Å²) in [4.78, 5) is 7.08. The van der Waals surface area contributed by atoms with E-state index < -0.39 is 0 Å². The number of rotatable bonds is 4. The van der Waals surface area contributed by atoms with Gasteiger partial charge in [0.25, 0.3) is 0 Å². The van der Waals surface area contributed by atoms with Crippen LogP contribution in [0.25, 0.3) is 10.9 Å². The van der Waals surface area contributed by atoms with Crippen LogP contribution >= 0.6 is 0 Å². The molecule has 0 spiro atoms. The number of aryl methyl sites for hydroxylation is 1. The monoisotopic (exact) mass is 297 g/mol. The minimum Gasteiger partial charge on any atom is -0.497 e. The van der Waals surface area contributed by atoms with Crippen molar-refractivity contribution in [2.75, 3.05) is 38.3 Å². The Labute approximate surface area is 130 Å². The number of hydrogen-bond donors (Lipinski definition) is 0.